The van der Waals surface area contributed by atoms with Crippen molar-refractivity contribution in [2.75, 3.05) is 13.7 Å². The number of carbonyl (C=O) groups excluding carboxylic acids is 1. The molecule has 4 nitrogen and oxygen atoms in total. The van der Waals surface area contributed by atoms with Crippen LogP contribution < -0.4 is 9.47 Å². The molecule has 0 heterocycles. The normalized spacial score (nSPS) is 9.20. The first-order valence-corrected chi connectivity index (χ1v) is 4.65. The predicted octanol–water partition coefficient (Wildman–Crippen LogP) is 1.93. The molecule has 1 aromatic carbocycles. The molecule has 4 heteroatoms. The van der Waals surface area contributed by atoms with E-state index in [0.29, 0.717) is 18.1 Å². The third-order valence-corrected chi connectivity index (χ3v) is 1.91. The zero-order valence-electron chi connectivity index (χ0n) is 8.82. The van der Waals surface area contributed by atoms with E-state index < -0.39 is 0 Å². The summed E-state index contributed by atoms with van der Waals surface area (Å²) in [7, 11) is 1.57. The Labute approximate surface area is 88.5 Å². The number of ether oxygens (including phenoxy) is 2. The smallest absolute Gasteiger partial charge is 0.235 e. The minimum Gasteiger partial charge on any atom is -0.496 e. The number of hydrogen-bond acceptors (Lipinski definition) is 4. The monoisotopic (exact) mass is 207 g/mol. The molecule has 1 rings (SSSR count). The Hall–Kier alpha value is -1.80. The Morgan fingerprint density at radius 2 is 2.13 bits per heavy atom. The number of benzene rings is 1. The van der Waals surface area contributed by atoms with Crippen molar-refractivity contribution in [3.63, 3.8) is 0 Å². The lowest BCUT2D eigenvalue weighted by Gasteiger charge is -2.11. The fraction of sp³-hybridized carbons (Fsp3) is 0.364. The van der Waals surface area contributed by atoms with E-state index in [4.69, 9.17) is 9.47 Å². The third-order valence-electron chi connectivity index (χ3n) is 1.91. The molecule has 0 unspecified atom stereocenters. The topological polar surface area (TPSA) is 47.9 Å². The molecule has 0 aromatic heterocycles. The van der Waals surface area contributed by atoms with Crippen LogP contribution in [0.25, 0.3) is 0 Å². The van der Waals surface area contributed by atoms with Crippen LogP contribution in [0, 0.1) is 0 Å². The summed E-state index contributed by atoms with van der Waals surface area (Å²) in [5.74, 6) is 1.36. The summed E-state index contributed by atoms with van der Waals surface area (Å²) in [6, 6.07) is 5.46. The first-order valence-electron chi connectivity index (χ1n) is 4.65. The van der Waals surface area contributed by atoms with Crippen molar-refractivity contribution < 1.29 is 14.3 Å². The second-order valence-corrected chi connectivity index (χ2v) is 2.78. The van der Waals surface area contributed by atoms with Crippen molar-refractivity contribution in [2.24, 2.45) is 4.99 Å². The SMILES string of the molecule is CCOc1cccc(OC)c1CN=C=O. The minimum atomic E-state index is 0.225. The maximum atomic E-state index is 10.1. The fourth-order valence-electron chi connectivity index (χ4n) is 1.29. The van der Waals surface area contributed by atoms with Gasteiger partial charge < -0.3 is 9.47 Å². The molecule has 0 amide bonds. The number of nitrogens with zero attached hydrogens (tertiary/aromatic N) is 1. The highest BCUT2D eigenvalue weighted by molar-refractivity contribution is 5.46. The van der Waals surface area contributed by atoms with Crippen molar-refractivity contribution in [3.8, 4) is 11.5 Å². The molecule has 1 aromatic rings. The van der Waals surface area contributed by atoms with E-state index in [1.807, 2.05) is 19.1 Å². The van der Waals surface area contributed by atoms with Crippen molar-refractivity contribution >= 4 is 6.08 Å². The highest BCUT2D eigenvalue weighted by Crippen LogP contribution is 2.28. The third kappa shape index (κ3) is 2.82. The standard InChI is InChI=1S/C11H13NO3/c1-3-15-11-6-4-5-10(14-2)9(11)7-12-8-13/h4-6H,3,7H2,1-2H3. The molecule has 0 aliphatic carbocycles. The number of isocyanates is 1. The van der Waals surface area contributed by atoms with Crippen LogP contribution in [0.1, 0.15) is 12.5 Å². The molecule has 15 heavy (non-hydrogen) atoms. The quantitative estimate of drug-likeness (QED) is 0.547. The van der Waals surface area contributed by atoms with E-state index in [2.05, 4.69) is 4.99 Å². The summed E-state index contributed by atoms with van der Waals surface area (Å²) in [6.07, 6.45) is 1.50. The first-order chi connectivity index (χ1) is 7.33. The molecule has 0 atom stereocenters. The van der Waals surface area contributed by atoms with E-state index in [9.17, 15) is 4.79 Å². The van der Waals surface area contributed by atoms with Gasteiger partial charge in [0.25, 0.3) is 0 Å². The summed E-state index contributed by atoms with van der Waals surface area (Å²) in [5.41, 5.74) is 0.769. The highest BCUT2D eigenvalue weighted by Gasteiger charge is 2.08. The zero-order valence-corrected chi connectivity index (χ0v) is 8.82. The summed E-state index contributed by atoms with van der Waals surface area (Å²) >= 11 is 0. The van der Waals surface area contributed by atoms with E-state index in [-0.39, 0.29) is 6.54 Å². The van der Waals surface area contributed by atoms with E-state index in [0.717, 1.165) is 5.56 Å². The second kappa shape index (κ2) is 5.83. The lowest BCUT2D eigenvalue weighted by atomic mass is 10.2. The van der Waals surface area contributed by atoms with Crippen molar-refractivity contribution in [1.29, 1.82) is 0 Å². The molecule has 0 radical (unpaired) electrons. The Kier molecular flexibility index (Phi) is 4.38. The summed E-state index contributed by atoms with van der Waals surface area (Å²) < 4.78 is 10.6. The van der Waals surface area contributed by atoms with Crippen LogP contribution in [0.4, 0.5) is 0 Å². The van der Waals surface area contributed by atoms with Gasteiger partial charge in [-0.1, -0.05) is 6.07 Å². The molecule has 80 valence electrons. The fourth-order valence-corrected chi connectivity index (χ4v) is 1.29. The molecular weight excluding hydrogens is 194 g/mol. The number of hydrogen-bond donors (Lipinski definition) is 0. The molecule has 0 aliphatic rings. The average molecular weight is 207 g/mol. The number of aliphatic imine (C=N–C) groups is 1. The van der Waals surface area contributed by atoms with Crippen LogP contribution in [0.2, 0.25) is 0 Å². The molecule has 0 bridgehead atoms. The average Bonchev–Trinajstić information content (AvgIpc) is 2.27. The predicted molar refractivity (Wildman–Crippen MR) is 56.0 cm³/mol. The van der Waals surface area contributed by atoms with Crippen LogP contribution in [-0.2, 0) is 11.3 Å². The van der Waals surface area contributed by atoms with E-state index in [1.54, 1.807) is 13.2 Å². The largest absolute Gasteiger partial charge is 0.496 e. The Morgan fingerprint density at radius 1 is 1.40 bits per heavy atom. The van der Waals surface area contributed by atoms with Gasteiger partial charge in [-0.2, -0.15) is 0 Å². The van der Waals surface area contributed by atoms with Crippen LogP contribution >= 0.6 is 0 Å². The van der Waals surface area contributed by atoms with Gasteiger partial charge in [0.15, 0.2) is 0 Å². The van der Waals surface area contributed by atoms with E-state index >= 15 is 0 Å². The van der Waals surface area contributed by atoms with Gasteiger partial charge in [0.05, 0.1) is 25.8 Å². The molecule has 0 N–H and O–H groups in total. The lowest BCUT2D eigenvalue weighted by molar-refractivity contribution is 0.331. The summed E-state index contributed by atoms with van der Waals surface area (Å²) in [5, 5.41) is 0. The molecule has 0 saturated carbocycles. The van der Waals surface area contributed by atoms with Crippen molar-refractivity contribution in [3.05, 3.63) is 23.8 Å². The van der Waals surface area contributed by atoms with Gasteiger partial charge in [0.1, 0.15) is 11.5 Å². The van der Waals surface area contributed by atoms with Crippen LogP contribution in [0.15, 0.2) is 23.2 Å². The van der Waals surface area contributed by atoms with Gasteiger partial charge in [-0.05, 0) is 19.1 Å². The van der Waals surface area contributed by atoms with Gasteiger partial charge in [-0.15, -0.1) is 0 Å². The molecule has 0 saturated heterocycles. The molecule has 0 spiro atoms. The Balaban J connectivity index is 3.07. The van der Waals surface area contributed by atoms with Crippen LogP contribution in [0.5, 0.6) is 11.5 Å². The Morgan fingerprint density at radius 3 is 2.73 bits per heavy atom. The zero-order chi connectivity index (χ0) is 11.1. The number of methoxy groups -OCH3 is 1. The second-order valence-electron chi connectivity index (χ2n) is 2.78. The van der Waals surface area contributed by atoms with Gasteiger partial charge in [-0.3, -0.25) is 0 Å². The maximum Gasteiger partial charge on any atom is 0.235 e. The van der Waals surface area contributed by atoms with Gasteiger partial charge >= 0.3 is 0 Å². The maximum absolute atomic E-state index is 10.1. The molecule has 0 aliphatic heterocycles. The van der Waals surface area contributed by atoms with E-state index in [1.165, 1.54) is 6.08 Å². The van der Waals surface area contributed by atoms with Crippen LogP contribution in [0.3, 0.4) is 0 Å². The minimum absolute atomic E-state index is 0.225. The first kappa shape index (κ1) is 11.3. The summed E-state index contributed by atoms with van der Waals surface area (Å²) in [4.78, 5) is 13.6. The lowest BCUT2D eigenvalue weighted by Crippen LogP contribution is -1.98. The molecular formula is C11H13NO3. The van der Waals surface area contributed by atoms with Crippen molar-refractivity contribution in [1.82, 2.24) is 0 Å². The number of rotatable bonds is 5. The van der Waals surface area contributed by atoms with Gasteiger partial charge in [0.2, 0.25) is 6.08 Å². The molecule has 0 fully saturated rings. The van der Waals surface area contributed by atoms with Crippen LogP contribution in [-0.4, -0.2) is 19.8 Å². The van der Waals surface area contributed by atoms with Crippen molar-refractivity contribution in [2.45, 2.75) is 13.5 Å². The van der Waals surface area contributed by atoms with Gasteiger partial charge in [0, 0.05) is 0 Å². The highest BCUT2D eigenvalue weighted by atomic mass is 16.5. The summed E-state index contributed by atoms with van der Waals surface area (Å²) in [6.45, 7) is 2.68. The van der Waals surface area contributed by atoms with Gasteiger partial charge in [-0.25, -0.2) is 9.79 Å². The Bertz CT molecular complexity index is 370.